The highest BCUT2D eigenvalue weighted by molar-refractivity contribution is 7.90. The van der Waals surface area contributed by atoms with Gasteiger partial charge in [-0.15, -0.1) is 0 Å². The second kappa shape index (κ2) is 6.41. The molecule has 0 radical (unpaired) electrons. The average molecular weight is 335 g/mol. The Balaban J connectivity index is 2.87. The third-order valence-electron chi connectivity index (χ3n) is 2.59. The summed E-state index contributed by atoms with van der Waals surface area (Å²) in [6.07, 6.45) is 1.00. The number of nitrogens with one attached hydrogen (secondary N) is 2. The third kappa shape index (κ3) is 5.33. The first-order valence-corrected chi connectivity index (χ1v) is 9.39. The van der Waals surface area contributed by atoms with Crippen LogP contribution >= 0.6 is 0 Å². The van der Waals surface area contributed by atoms with Crippen LogP contribution in [0.4, 0.5) is 5.69 Å². The summed E-state index contributed by atoms with van der Waals surface area (Å²) in [6.45, 7) is -0.106. The highest BCUT2D eigenvalue weighted by Crippen LogP contribution is 2.16. The molecule has 1 aromatic rings. The number of carbonyl (C=O) groups excluding carboxylic acids is 1. The van der Waals surface area contributed by atoms with Crippen molar-refractivity contribution in [1.82, 2.24) is 10.0 Å². The third-order valence-corrected chi connectivity index (χ3v) is 5.04. The van der Waals surface area contributed by atoms with Gasteiger partial charge in [0.25, 0.3) is 5.91 Å². The van der Waals surface area contributed by atoms with Crippen molar-refractivity contribution in [2.24, 2.45) is 0 Å². The molecule has 0 atom stereocenters. The maximum Gasteiger partial charge on any atom is 0.251 e. The van der Waals surface area contributed by atoms with Crippen molar-refractivity contribution < 1.29 is 21.6 Å². The number of carbonyl (C=O) groups is 1. The molecule has 1 amide bonds. The molecule has 10 heteroatoms. The molecule has 1 aromatic carbocycles. The van der Waals surface area contributed by atoms with Crippen LogP contribution < -0.4 is 15.8 Å². The standard InChI is InChI=1S/C11H17N3O5S2/c1-13-21(18,19)4-3-14-11(15)8-5-9(12)7-10(6-8)20(2,16)17/h5-7,13H,3-4,12H2,1-2H3,(H,14,15). The van der Waals surface area contributed by atoms with Crippen LogP contribution in [-0.2, 0) is 19.9 Å². The zero-order valence-corrected chi connectivity index (χ0v) is 13.2. The van der Waals surface area contributed by atoms with E-state index >= 15 is 0 Å². The van der Waals surface area contributed by atoms with Crippen LogP contribution in [0.3, 0.4) is 0 Å². The van der Waals surface area contributed by atoms with Crippen LogP contribution in [0.5, 0.6) is 0 Å². The number of anilines is 1. The monoisotopic (exact) mass is 335 g/mol. The lowest BCUT2D eigenvalue weighted by molar-refractivity contribution is 0.0956. The molecular weight excluding hydrogens is 318 g/mol. The van der Waals surface area contributed by atoms with Crippen molar-refractivity contribution in [2.75, 3.05) is 31.3 Å². The van der Waals surface area contributed by atoms with Crippen LogP contribution in [-0.4, -0.2) is 48.3 Å². The van der Waals surface area contributed by atoms with E-state index in [0.717, 1.165) is 6.26 Å². The summed E-state index contributed by atoms with van der Waals surface area (Å²) in [6, 6.07) is 3.75. The van der Waals surface area contributed by atoms with Gasteiger partial charge in [-0.3, -0.25) is 4.79 Å². The van der Waals surface area contributed by atoms with Crippen molar-refractivity contribution >= 4 is 31.5 Å². The minimum atomic E-state index is -3.49. The van der Waals surface area contributed by atoms with Crippen LogP contribution in [0.25, 0.3) is 0 Å². The summed E-state index contributed by atoms with van der Waals surface area (Å²) in [7, 11) is -5.65. The Morgan fingerprint density at radius 3 is 2.33 bits per heavy atom. The highest BCUT2D eigenvalue weighted by Gasteiger charge is 2.14. The van der Waals surface area contributed by atoms with Gasteiger partial charge in [0.05, 0.1) is 10.6 Å². The van der Waals surface area contributed by atoms with Crippen molar-refractivity contribution in [1.29, 1.82) is 0 Å². The van der Waals surface area contributed by atoms with E-state index in [1.54, 1.807) is 0 Å². The number of sulfone groups is 1. The molecule has 0 bridgehead atoms. The van der Waals surface area contributed by atoms with E-state index in [1.807, 2.05) is 0 Å². The first kappa shape index (κ1) is 17.4. The molecule has 0 aliphatic heterocycles. The maximum absolute atomic E-state index is 11.9. The van der Waals surface area contributed by atoms with Gasteiger partial charge in [-0.25, -0.2) is 21.6 Å². The molecule has 0 saturated carbocycles. The average Bonchev–Trinajstić information content (AvgIpc) is 2.36. The Kier molecular flexibility index (Phi) is 5.31. The Bertz CT molecular complexity index is 741. The van der Waals surface area contributed by atoms with Crippen LogP contribution in [0.15, 0.2) is 23.1 Å². The molecule has 0 fully saturated rings. The fraction of sp³-hybridized carbons (Fsp3) is 0.364. The molecule has 0 heterocycles. The lowest BCUT2D eigenvalue weighted by Crippen LogP contribution is -2.33. The molecule has 118 valence electrons. The van der Waals surface area contributed by atoms with Gasteiger partial charge in [0, 0.05) is 24.1 Å². The SMILES string of the molecule is CNS(=O)(=O)CCNC(=O)c1cc(N)cc(S(C)(=O)=O)c1. The van der Waals surface area contributed by atoms with Gasteiger partial charge >= 0.3 is 0 Å². The van der Waals surface area contributed by atoms with E-state index in [4.69, 9.17) is 5.73 Å². The summed E-state index contributed by atoms with van der Waals surface area (Å²) in [5.41, 5.74) is 5.75. The number of rotatable bonds is 6. The maximum atomic E-state index is 11.9. The van der Waals surface area contributed by atoms with Gasteiger partial charge in [-0.05, 0) is 25.2 Å². The Morgan fingerprint density at radius 2 is 1.81 bits per heavy atom. The quantitative estimate of drug-likeness (QED) is 0.568. The van der Waals surface area contributed by atoms with Gasteiger partial charge in [0.15, 0.2) is 9.84 Å². The van der Waals surface area contributed by atoms with Crippen molar-refractivity contribution in [3.05, 3.63) is 23.8 Å². The molecule has 0 aliphatic rings. The van der Waals surface area contributed by atoms with E-state index in [9.17, 15) is 21.6 Å². The molecule has 0 spiro atoms. The smallest absolute Gasteiger partial charge is 0.251 e. The predicted octanol–water partition coefficient (Wildman–Crippen LogP) is -1.05. The highest BCUT2D eigenvalue weighted by atomic mass is 32.2. The summed E-state index contributed by atoms with van der Waals surface area (Å²) >= 11 is 0. The van der Waals surface area contributed by atoms with E-state index in [2.05, 4.69) is 10.0 Å². The van der Waals surface area contributed by atoms with E-state index in [0.29, 0.717) is 0 Å². The van der Waals surface area contributed by atoms with Crippen LogP contribution in [0, 0.1) is 0 Å². The number of nitrogens with two attached hydrogens (primary N) is 1. The molecule has 0 aromatic heterocycles. The largest absolute Gasteiger partial charge is 0.399 e. The fourth-order valence-corrected chi connectivity index (χ4v) is 2.74. The molecule has 8 nitrogen and oxygen atoms in total. The molecule has 4 N–H and O–H groups in total. The zero-order valence-electron chi connectivity index (χ0n) is 11.6. The Hall–Kier alpha value is -1.65. The first-order chi connectivity index (χ1) is 9.55. The molecule has 21 heavy (non-hydrogen) atoms. The summed E-state index contributed by atoms with van der Waals surface area (Å²) < 4.78 is 47.4. The summed E-state index contributed by atoms with van der Waals surface area (Å²) in [4.78, 5) is 11.8. The number of hydrogen-bond donors (Lipinski definition) is 3. The fourth-order valence-electron chi connectivity index (χ4n) is 1.47. The second-order valence-corrected chi connectivity index (χ2v) is 8.40. The predicted molar refractivity (Wildman–Crippen MR) is 79.1 cm³/mol. The summed E-state index contributed by atoms with van der Waals surface area (Å²) in [5, 5.41) is 2.39. The number of hydrogen-bond acceptors (Lipinski definition) is 6. The zero-order chi connectivity index (χ0) is 16.3. The van der Waals surface area contributed by atoms with Crippen molar-refractivity contribution in [3.63, 3.8) is 0 Å². The molecule has 0 aliphatic carbocycles. The van der Waals surface area contributed by atoms with Gasteiger partial charge in [0.2, 0.25) is 10.0 Å². The van der Waals surface area contributed by atoms with Gasteiger partial charge in [-0.2, -0.15) is 0 Å². The molecular formula is C11H17N3O5S2. The number of nitrogen functional groups attached to an aromatic ring is 1. The summed E-state index contributed by atoms with van der Waals surface area (Å²) in [5.74, 6) is -0.880. The van der Waals surface area contributed by atoms with Gasteiger partial charge in [-0.1, -0.05) is 0 Å². The first-order valence-electron chi connectivity index (χ1n) is 5.85. The van der Waals surface area contributed by atoms with E-state index < -0.39 is 25.8 Å². The van der Waals surface area contributed by atoms with Gasteiger partial charge < -0.3 is 11.1 Å². The Morgan fingerprint density at radius 1 is 1.19 bits per heavy atom. The minimum absolute atomic E-state index is 0.0530. The molecule has 0 saturated heterocycles. The molecule has 1 rings (SSSR count). The van der Waals surface area contributed by atoms with E-state index in [-0.39, 0.29) is 28.4 Å². The van der Waals surface area contributed by atoms with Crippen LogP contribution in [0.2, 0.25) is 0 Å². The lowest BCUT2D eigenvalue weighted by Gasteiger charge is -2.08. The number of sulfonamides is 1. The number of amides is 1. The molecule has 0 unspecified atom stereocenters. The van der Waals surface area contributed by atoms with Crippen molar-refractivity contribution in [2.45, 2.75) is 4.90 Å². The van der Waals surface area contributed by atoms with Crippen LogP contribution in [0.1, 0.15) is 10.4 Å². The second-order valence-electron chi connectivity index (χ2n) is 4.34. The topological polar surface area (TPSA) is 135 Å². The normalized spacial score (nSPS) is 12.1. The lowest BCUT2D eigenvalue weighted by atomic mass is 10.2. The van der Waals surface area contributed by atoms with Gasteiger partial charge in [0.1, 0.15) is 0 Å². The van der Waals surface area contributed by atoms with Crippen molar-refractivity contribution in [3.8, 4) is 0 Å². The minimum Gasteiger partial charge on any atom is -0.399 e. The number of benzene rings is 1. The Labute approximate surface area is 123 Å². The van der Waals surface area contributed by atoms with E-state index in [1.165, 1.54) is 25.2 Å².